The second-order valence-corrected chi connectivity index (χ2v) is 8.40. The maximum atomic E-state index is 12.3. The van der Waals surface area contributed by atoms with Crippen molar-refractivity contribution in [2.45, 2.75) is 45.3 Å². The normalized spacial score (nSPS) is 18.5. The fraction of sp³-hybridized carbons (Fsp3) is 0.409. The van der Waals surface area contributed by atoms with Crippen LogP contribution in [0.4, 0.5) is 22.1 Å². The first-order valence-electron chi connectivity index (χ1n) is 9.98. The third kappa shape index (κ3) is 4.50. The third-order valence-corrected chi connectivity index (χ3v) is 5.04. The molecule has 2 aliphatic rings. The number of amides is 1. The van der Waals surface area contributed by atoms with Crippen molar-refractivity contribution in [3.8, 4) is 0 Å². The number of hydrogen-bond donors (Lipinski definition) is 2. The van der Waals surface area contributed by atoms with Crippen LogP contribution >= 0.6 is 0 Å². The highest BCUT2D eigenvalue weighted by molar-refractivity contribution is 5.70. The zero-order valence-electron chi connectivity index (χ0n) is 17.1. The number of carbonyl (C=O) groups excluding carboxylic acids is 1. The van der Waals surface area contributed by atoms with Crippen molar-refractivity contribution >= 4 is 23.4 Å². The number of para-hydroxylation sites is 1. The van der Waals surface area contributed by atoms with Gasteiger partial charge in [0.25, 0.3) is 0 Å². The van der Waals surface area contributed by atoms with Crippen molar-refractivity contribution in [2.24, 2.45) is 0 Å². The number of fused-ring (bicyclic) bond motifs is 1. The van der Waals surface area contributed by atoms with E-state index in [2.05, 4.69) is 26.7 Å². The SMILES string of the molecule is CC(C)(C)OC(=O)N1CC=C(C2Cc3c(Nc4ccccc4)ncnc3N2)CC1. The van der Waals surface area contributed by atoms with Gasteiger partial charge in [0, 0.05) is 30.8 Å². The van der Waals surface area contributed by atoms with E-state index in [1.54, 1.807) is 11.2 Å². The lowest BCUT2D eigenvalue weighted by Gasteiger charge is -2.31. The lowest BCUT2D eigenvalue weighted by atomic mass is 9.97. The molecule has 7 nitrogen and oxygen atoms in total. The maximum absolute atomic E-state index is 12.3. The molecule has 0 fully saturated rings. The number of nitrogens with one attached hydrogen (secondary N) is 2. The van der Waals surface area contributed by atoms with Gasteiger partial charge in [0.05, 0.1) is 6.04 Å². The summed E-state index contributed by atoms with van der Waals surface area (Å²) < 4.78 is 5.48. The standard InChI is InChI=1S/C22H27N5O2/c1-22(2,3)29-21(28)27-11-9-15(10-12-27)18-13-17-19(23-14-24-20(17)26-18)25-16-7-5-4-6-8-16/h4-9,14,18H,10-13H2,1-3H3,(H2,23,24,25,26). The number of hydrogen-bond acceptors (Lipinski definition) is 6. The molecule has 1 amide bonds. The van der Waals surface area contributed by atoms with E-state index in [9.17, 15) is 4.79 Å². The molecule has 0 bridgehead atoms. The van der Waals surface area contributed by atoms with Gasteiger partial charge in [-0.05, 0) is 44.9 Å². The number of carbonyl (C=O) groups is 1. The Morgan fingerprint density at radius 3 is 2.72 bits per heavy atom. The van der Waals surface area contributed by atoms with Crippen molar-refractivity contribution in [2.75, 3.05) is 23.7 Å². The molecule has 152 valence electrons. The summed E-state index contributed by atoms with van der Waals surface area (Å²) in [5.74, 6) is 1.71. The van der Waals surface area contributed by atoms with Crippen LogP contribution < -0.4 is 10.6 Å². The molecule has 29 heavy (non-hydrogen) atoms. The van der Waals surface area contributed by atoms with E-state index >= 15 is 0 Å². The lowest BCUT2D eigenvalue weighted by molar-refractivity contribution is 0.0265. The first kappa shape index (κ1) is 19.2. The van der Waals surface area contributed by atoms with Gasteiger partial charge in [-0.25, -0.2) is 14.8 Å². The predicted octanol–water partition coefficient (Wildman–Crippen LogP) is 4.12. The van der Waals surface area contributed by atoms with E-state index in [1.165, 1.54) is 5.57 Å². The Hall–Kier alpha value is -3.09. The van der Waals surface area contributed by atoms with Gasteiger partial charge in [-0.1, -0.05) is 24.3 Å². The van der Waals surface area contributed by atoms with Crippen LogP contribution in [0.25, 0.3) is 0 Å². The molecule has 0 saturated heterocycles. The van der Waals surface area contributed by atoms with Crippen molar-refractivity contribution in [3.05, 3.63) is 53.9 Å². The smallest absolute Gasteiger partial charge is 0.410 e. The third-order valence-electron chi connectivity index (χ3n) is 5.04. The van der Waals surface area contributed by atoms with Gasteiger partial charge in [-0.2, -0.15) is 0 Å². The summed E-state index contributed by atoms with van der Waals surface area (Å²) in [4.78, 5) is 22.9. The summed E-state index contributed by atoms with van der Waals surface area (Å²) in [6, 6.07) is 10.2. The van der Waals surface area contributed by atoms with Crippen molar-refractivity contribution in [3.63, 3.8) is 0 Å². The fourth-order valence-corrected chi connectivity index (χ4v) is 3.63. The molecule has 0 saturated carbocycles. The molecular formula is C22H27N5O2. The molecule has 4 rings (SSSR count). The van der Waals surface area contributed by atoms with Crippen LogP contribution in [0, 0.1) is 0 Å². The van der Waals surface area contributed by atoms with Crippen LogP contribution in [0.3, 0.4) is 0 Å². The maximum Gasteiger partial charge on any atom is 0.410 e. The predicted molar refractivity (Wildman–Crippen MR) is 113 cm³/mol. The highest BCUT2D eigenvalue weighted by Gasteiger charge is 2.30. The Labute approximate surface area is 171 Å². The highest BCUT2D eigenvalue weighted by atomic mass is 16.6. The summed E-state index contributed by atoms with van der Waals surface area (Å²) in [6.45, 7) is 6.89. The largest absolute Gasteiger partial charge is 0.444 e. The van der Waals surface area contributed by atoms with Crippen LogP contribution in [0.1, 0.15) is 32.8 Å². The van der Waals surface area contributed by atoms with Gasteiger partial charge in [0.1, 0.15) is 23.6 Å². The van der Waals surface area contributed by atoms with Gasteiger partial charge in [-0.15, -0.1) is 0 Å². The Balaban J connectivity index is 1.43. The minimum Gasteiger partial charge on any atom is -0.444 e. The van der Waals surface area contributed by atoms with Gasteiger partial charge < -0.3 is 20.3 Å². The average Bonchev–Trinajstić information content (AvgIpc) is 3.13. The Morgan fingerprint density at radius 2 is 2.03 bits per heavy atom. The fourth-order valence-electron chi connectivity index (χ4n) is 3.63. The highest BCUT2D eigenvalue weighted by Crippen LogP contribution is 2.34. The average molecular weight is 393 g/mol. The second kappa shape index (κ2) is 7.73. The van der Waals surface area contributed by atoms with Crippen LogP contribution in [0.2, 0.25) is 0 Å². The van der Waals surface area contributed by atoms with Crippen LogP contribution in [-0.4, -0.2) is 45.7 Å². The van der Waals surface area contributed by atoms with Crippen LogP contribution in [0.15, 0.2) is 48.3 Å². The zero-order valence-corrected chi connectivity index (χ0v) is 17.1. The zero-order chi connectivity index (χ0) is 20.4. The molecule has 2 aliphatic heterocycles. The minimum absolute atomic E-state index is 0.179. The Kier molecular flexibility index (Phi) is 5.13. The molecule has 1 unspecified atom stereocenters. The Bertz CT molecular complexity index is 921. The molecule has 2 N–H and O–H groups in total. The summed E-state index contributed by atoms with van der Waals surface area (Å²) in [5, 5.41) is 6.91. The van der Waals surface area contributed by atoms with E-state index < -0.39 is 5.60 Å². The molecule has 0 spiro atoms. The molecule has 0 radical (unpaired) electrons. The van der Waals surface area contributed by atoms with Gasteiger partial charge >= 0.3 is 6.09 Å². The number of anilines is 3. The first-order valence-corrected chi connectivity index (χ1v) is 9.98. The van der Waals surface area contributed by atoms with Gasteiger partial charge in [0.2, 0.25) is 0 Å². The van der Waals surface area contributed by atoms with E-state index in [1.807, 2.05) is 51.1 Å². The van der Waals surface area contributed by atoms with Crippen LogP contribution in [0.5, 0.6) is 0 Å². The van der Waals surface area contributed by atoms with Crippen molar-refractivity contribution < 1.29 is 9.53 Å². The molecule has 3 heterocycles. The summed E-state index contributed by atoms with van der Waals surface area (Å²) >= 11 is 0. The molecule has 1 atom stereocenters. The van der Waals surface area contributed by atoms with Crippen molar-refractivity contribution in [1.82, 2.24) is 14.9 Å². The molecule has 2 aromatic rings. The first-order chi connectivity index (χ1) is 13.9. The van der Waals surface area contributed by atoms with E-state index in [4.69, 9.17) is 4.74 Å². The quantitative estimate of drug-likeness (QED) is 0.764. The second-order valence-electron chi connectivity index (χ2n) is 8.40. The van der Waals surface area contributed by atoms with Gasteiger partial charge in [0.15, 0.2) is 0 Å². The topological polar surface area (TPSA) is 79.4 Å². The molecule has 0 aliphatic carbocycles. The number of ether oxygens (including phenoxy) is 1. The van der Waals surface area contributed by atoms with E-state index in [0.29, 0.717) is 13.1 Å². The number of rotatable bonds is 3. The summed E-state index contributed by atoms with van der Waals surface area (Å²) in [7, 11) is 0. The monoisotopic (exact) mass is 393 g/mol. The van der Waals surface area contributed by atoms with Crippen LogP contribution in [-0.2, 0) is 11.2 Å². The van der Waals surface area contributed by atoms with Crippen molar-refractivity contribution in [1.29, 1.82) is 0 Å². The number of nitrogens with zero attached hydrogens (tertiary/aromatic N) is 3. The van der Waals surface area contributed by atoms with E-state index in [0.717, 1.165) is 35.7 Å². The number of benzene rings is 1. The number of aromatic nitrogens is 2. The summed E-state index contributed by atoms with van der Waals surface area (Å²) in [6.07, 6.45) is 5.10. The van der Waals surface area contributed by atoms with E-state index in [-0.39, 0.29) is 12.1 Å². The lowest BCUT2D eigenvalue weighted by Crippen LogP contribution is -2.40. The molecular weight excluding hydrogens is 366 g/mol. The molecule has 1 aromatic heterocycles. The molecule has 1 aromatic carbocycles. The summed E-state index contributed by atoms with van der Waals surface area (Å²) in [5.41, 5.74) is 2.92. The minimum atomic E-state index is -0.476. The Morgan fingerprint density at radius 1 is 1.24 bits per heavy atom. The molecule has 7 heteroatoms. The van der Waals surface area contributed by atoms with Gasteiger partial charge in [-0.3, -0.25) is 0 Å².